The number of para-hydroxylation sites is 6. The minimum absolute atomic E-state index is 0.864. The van der Waals surface area contributed by atoms with Gasteiger partial charge >= 0.3 is 0 Å². The Balaban J connectivity index is 1.14. The average Bonchev–Trinajstić information content (AvgIpc) is 3.56. The molecule has 0 fully saturated rings. The van der Waals surface area contributed by atoms with E-state index < -0.39 is 8.07 Å². The monoisotopic (exact) mass is 681 g/mol. The van der Waals surface area contributed by atoms with E-state index in [2.05, 4.69) is 189 Å². The summed E-state index contributed by atoms with van der Waals surface area (Å²) in [5.74, 6) is 0.864. The van der Waals surface area contributed by atoms with Crippen LogP contribution in [0.25, 0.3) is 27.6 Å². The Morgan fingerprint density at radius 2 is 0.885 bits per heavy atom. The number of rotatable bonds is 3. The van der Waals surface area contributed by atoms with Crippen LogP contribution in [-0.4, -0.2) is 22.6 Å². The number of hydrogen-bond acceptors (Lipinski definition) is 4. The molecule has 0 N–H and O–H groups in total. The fraction of sp³-hybridized carbons (Fsp3) is 0. The molecule has 0 aliphatic carbocycles. The summed E-state index contributed by atoms with van der Waals surface area (Å²) in [4.78, 5) is 14.5. The molecule has 0 unspecified atom stereocenters. The van der Waals surface area contributed by atoms with Crippen molar-refractivity contribution in [1.82, 2.24) is 14.5 Å². The predicted octanol–water partition coefficient (Wildman–Crippen LogP) is 8.52. The molecule has 0 saturated carbocycles. The maximum Gasteiger partial charge on any atom is 0.188 e. The molecule has 6 aromatic carbocycles. The number of fused-ring (bicyclic) bond motifs is 11. The van der Waals surface area contributed by atoms with Crippen molar-refractivity contribution in [3.05, 3.63) is 188 Å². The van der Waals surface area contributed by atoms with Gasteiger partial charge in [0, 0.05) is 45.4 Å². The Morgan fingerprint density at radius 1 is 0.385 bits per heavy atom. The lowest BCUT2D eigenvalue weighted by molar-refractivity contribution is 1.07. The van der Waals surface area contributed by atoms with E-state index in [-0.39, 0.29) is 0 Å². The number of pyridine rings is 2. The highest BCUT2D eigenvalue weighted by atomic mass is 28.3. The van der Waals surface area contributed by atoms with Gasteiger partial charge in [-0.25, -0.2) is 4.98 Å². The Morgan fingerprint density at radius 3 is 1.46 bits per heavy atom. The Bertz CT molecular complexity index is 2680. The molecular weight excluding hydrogens is 651 g/mol. The van der Waals surface area contributed by atoms with Crippen molar-refractivity contribution in [2.24, 2.45) is 0 Å². The van der Waals surface area contributed by atoms with Crippen LogP contribution < -0.4 is 30.5 Å². The molecule has 1 spiro atoms. The first-order valence-electron chi connectivity index (χ1n) is 17.7. The highest BCUT2D eigenvalue weighted by Crippen LogP contribution is 2.44. The van der Waals surface area contributed by atoms with Gasteiger partial charge in [0.05, 0.1) is 29.1 Å². The van der Waals surface area contributed by atoms with Crippen LogP contribution in [-0.2, 0) is 0 Å². The molecular formula is C46H31N5Si. The van der Waals surface area contributed by atoms with Crippen LogP contribution in [0.1, 0.15) is 0 Å². The lowest BCUT2D eigenvalue weighted by Crippen LogP contribution is -2.79. The molecule has 11 rings (SSSR count). The first-order valence-corrected chi connectivity index (χ1v) is 19.7. The maximum absolute atomic E-state index is 5.16. The van der Waals surface area contributed by atoms with E-state index >= 15 is 0 Å². The lowest BCUT2D eigenvalue weighted by atomic mass is 10.1. The van der Waals surface area contributed by atoms with Crippen molar-refractivity contribution in [2.45, 2.75) is 0 Å². The van der Waals surface area contributed by atoms with Gasteiger partial charge in [0.25, 0.3) is 0 Å². The minimum Gasteiger partial charge on any atom is -0.311 e. The predicted molar refractivity (Wildman–Crippen MR) is 216 cm³/mol. The summed E-state index contributed by atoms with van der Waals surface area (Å²) in [5, 5.41) is 7.90. The maximum atomic E-state index is 5.16. The zero-order valence-electron chi connectivity index (χ0n) is 28.1. The molecule has 9 aromatic rings. The van der Waals surface area contributed by atoms with Crippen LogP contribution in [0.5, 0.6) is 0 Å². The summed E-state index contributed by atoms with van der Waals surface area (Å²) in [7, 11) is -2.83. The van der Waals surface area contributed by atoms with Crippen molar-refractivity contribution >= 4 is 84.8 Å². The van der Waals surface area contributed by atoms with E-state index in [9.17, 15) is 0 Å². The van der Waals surface area contributed by atoms with Gasteiger partial charge in [-0.05, 0) is 81.4 Å². The first-order chi connectivity index (χ1) is 25.8. The van der Waals surface area contributed by atoms with E-state index in [4.69, 9.17) is 4.98 Å². The van der Waals surface area contributed by atoms with E-state index in [1.165, 1.54) is 54.3 Å². The van der Waals surface area contributed by atoms with Crippen LogP contribution in [0.4, 0.5) is 34.1 Å². The van der Waals surface area contributed by atoms with E-state index in [0.29, 0.717) is 0 Å². The number of benzene rings is 6. The minimum atomic E-state index is -2.83. The van der Waals surface area contributed by atoms with Gasteiger partial charge in [-0.2, -0.15) is 0 Å². The highest BCUT2D eigenvalue weighted by molar-refractivity contribution is 7.23. The van der Waals surface area contributed by atoms with E-state index in [0.717, 1.165) is 28.2 Å². The van der Waals surface area contributed by atoms with Gasteiger partial charge < -0.3 is 9.80 Å². The van der Waals surface area contributed by atoms with Gasteiger partial charge in [-0.1, -0.05) is 109 Å². The van der Waals surface area contributed by atoms with Gasteiger partial charge in [-0.15, -0.1) is 0 Å². The third-order valence-corrected chi connectivity index (χ3v) is 15.8. The molecule has 0 saturated heterocycles. The zero-order chi connectivity index (χ0) is 34.2. The van der Waals surface area contributed by atoms with Crippen molar-refractivity contribution < 1.29 is 0 Å². The van der Waals surface area contributed by atoms with Crippen LogP contribution >= 0.6 is 0 Å². The highest BCUT2D eigenvalue weighted by Gasteiger charge is 2.53. The number of aromatic nitrogens is 3. The zero-order valence-corrected chi connectivity index (χ0v) is 29.1. The van der Waals surface area contributed by atoms with Crippen molar-refractivity contribution in [2.75, 3.05) is 9.80 Å². The van der Waals surface area contributed by atoms with E-state index in [1.54, 1.807) is 0 Å². The Hall–Kier alpha value is -6.76. The molecule has 0 amide bonds. The smallest absolute Gasteiger partial charge is 0.188 e. The van der Waals surface area contributed by atoms with Crippen molar-refractivity contribution in [1.29, 1.82) is 0 Å². The van der Waals surface area contributed by atoms with Gasteiger partial charge in [0.15, 0.2) is 8.07 Å². The molecule has 5 nitrogen and oxygen atoms in total. The molecule has 0 bridgehead atoms. The van der Waals surface area contributed by atoms with Crippen LogP contribution in [0.3, 0.4) is 0 Å². The van der Waals surface area contributed by atoms with E-state index in [1.807, 2.05) is 18.6 Å². The molecule has 0 atom stereocenters. The lowest BCUT2D eigenvalue weighted by Gasteiger charge is -2.49. The standard InChI is InChI=1S/C46H31N5Si/c1-2-14-32(15-3-1)49-37-18-6-10-22-42(37)52(43-23-11-7-19-38(43)49)44-24-12-8-20-39(44)50(40-21-9-13-25-45(40)52)33-26-27-46(48-30-33)51-36-17-5-4-16-34(36)35-28-29-47-31-41(35)51/h1-31H. The second kappa shape index (κ2) is 11.1. The number of hydrogen-bond donors (Lipinski definition) is 0. The average molecular weight is 682 g/mol. The Kier molecular flexibility index (Phi) is 6.20. The number of anilines is 6. The summed E-state index contributed by atoms with van der Waals surface area (Å²) in [5.41, 5.74) is 9.22. The second-order valence-corrected chi connectivity index (χ2v) is 17.1. The third-order valence-electron chi connectivity index (χ3n) is 10.9. The van der Waals surface area contributed by atoms with Crippen molar-refractivity contribution in [3.63, 3.8) is 0 Å². The third kappa shape index (κ3) is 3.87. The van der Waals surface area contributed by atoms with Gasteiger partial charge in [0.1, 0.15) is 5.82 Å². The largest absolute Gasteiger partial charge is 0.311 e. The summed E-state index contributed by atoms with van der Waals surface area (Å²) in [6.07, 6.45) is 5.82. The fourth-order valence-corrected chi connectivity index (χ4v) is 14.4. The molecule has 0 radical (unpaired) electrons. The summed E-state index contributed by atoms with van der Waals surface area (Å²) in [6, 6.07) is 62.0. The molecule has 2 aliphatic heterocycles. The van der Waals surface area contributed by atoms with Crippen LogP contribution in [0.15, 0.2) is 188 Å². The summed E-state index contributed by atoms with van der Waals surface area (Å²) >= 11 is 0. The van der Waals surface area contributed by atoms with Crippen LogP contribution in [0.2, 0.25) is 0 Å². The quantitative estimate of drug-likeness (QED) is 0.175. The summed E-state index contributed by atoms with van der Waals surface area (Å²) in [6.45, 7) is 0. The normalized spacial score (nSPS) is 13.8. The molecule has 52 heavy (non-hydrogen) atoms. The topological polar surface area (TPSA) is 37.2 Å². The van der Waals surface area contributed by atoms with Gasteiger partial charge in [0.2, 0.25) is 0 Å². The first kappa shape index (κ1) is 29.0. The Labute approximate surface area is 302 Å². The van der Waals surface area contributed by atoms with Crippen molar-refractivity contribution in [3.8, 4) is 5.82 Å². The molecule has 6 heteroatoms. The molecule has 244 valence electrons. The molecule has 3 aromatic heterocycles. The SMILES string of the molecule is c1ccc(N2c3ccccc3[Si]3(c4ccccc42)c2ccccc2N(c2ccc(-n4c5ccccc5c5ccncc54)nc2)c2ccccc23)cc1. The fourth-order valence-electron chi connectivity index (χ4n) is 8.91. The molecule has 5 heterocycles. The van der Waals surface area contributed by atoms with Crippen LogP contribution in [0, 0.1) is 0 Å². The summed E-state index contributed by atoms with van der Waals surface area (Å²) < 4.78 is 2.22. The van der Waals surface area contributed by atoms with Gasteiger partial charge in [-0.3, -0.25) is 9.55 Å². The molecule has 2 aliphatic rings. The number of nitrogens with zero attached hydrogens (tertiary/aromatic N) is 5. The second-order valence-electron chi connectivity index (χ2n) is 13.4.